The van der Waals surface area contributed by atoms with Crippen LogP contribution in [0.15, 0.2) is 48.7 Å². The van der Waals surface area contributed by atoms with E-state index in [1.807, 2.05) is 6.07 Å². The van der Waals surface area contributed by atoms with Gasteiger partial charge >= 0.3 is 0 Å². The fourth-order valence-corrected chi connectivity index (χ4v) is 2.75. The van der Waals surface area contributed by atoms with E-state index < -0.39 is 0 Å². The van der Waals surface area contributed by atoms with Crippen LogP contribution in [0.4, 0.5) is 0 Å². The van der Waals surface area contributed by atoms with Crippen LogP contribution in [0, 0.1) is 0 Å². The lowest BCUT2D eigenvalue weighted by molar-refractivity contribution is 0.352. The Labute approximate surface area is 125 Å². The van der Waals surface area contributed by atoms with E-state index in [2.05, 4.69) is 54.5 Å². The summed E-state index contributed by atoms with van der Waals surface area (Å²) in [5, 5.41) is 0. The van der Waals surface area contributed by atoms with Crippen LogP contribution in [0.5, 0.6) is 11.5 Å². The number of benzene rings is 2. The van der Waals surface area contributed by atoms with Crippen molar-refractivity contribution in [3.63, 3.8) is 0 Å². The number of fused-ring (bicyclic) bond motifs is 1. The highest BCUT2D eigenvalue weighted by molar-refractivity contribution is 5.83. The van der Waals surface area contributed by atoms with Gasteiger partial charge in [0.15, 0.2) is 11.5 Å². The molecular weight excluding hydrogens is 262 g/mol. The van der Waals surface area contributed by atoms with Gasteiger partial charge < -0.3 is 14.4 Å². The highest BCUT2D eigenvalue weighted by Gasteiger charge is 2.20. The fraction of sp³-hybridized carbons (Fsp3) is 0.222. The minimum absolute atomic E-state index is 0.766. The molecule has 1 aliphatic heterocycles. The smallest absolute Gasteiger partial charge is 0.161 e. The van der Waals surface area contributed by atoms with Crippen molar-refractivity contribution in [2.45, 2.75) is 6.54 Å². The molecule has 2 aromatic carbocycles. The topological polar surface area (TPSA) is 21.7 Å². The van der Waals surface area contributed by atoms with Gasteiger partial charge in [0, 0.05) is 25.4 Å². The van der Waals surface area contributed by atoms with Crippen LogP contribution in [0.2, 0.25) is 0 Å². The van der Waals surface area contributed by atoms with Gasteiger partial charge in [0.05, 0.1) is 14.2 Å². The third kappa shape index (κ3) is 2.47. The summed E-state index contributed by atoms with van der Waals surface area (Å²) in [6.45, 7) is 0.867. The highest BCUT2D eigenvalue weighted by Crippen LogP contribution is 2.38. The van der Waals surface area contributed by atoms with Gasteiger partial charge in [-0.15, -0.1) is 0 Å². The third-order valence-electron chi connectivity index (χ3n) is 3.75. The minimum Gasteiger partial charge on any atom is -0.493 e. The molecule has 0 radical (unpaired) electrons. The summed E-state index contributed by atoms with van der Waals surface area (Å²) in [4.78, 5) is 2.19. The first-order valence-electron chi connectivity index (χ1n) is 6.95. The van der Waals surface area contributed by atoms with E-state index in [-0.39, 0.29) is 0 Å². The predicted molar refractivity (Wildman–Crippen MR) is 84.5 cm³/mol. The molecule has 1 aliphatic rings. The lowest BCUT2D eigenvalue weighted by atomic mass is 9.91. The van der Waals surface area contributed by atoms with Crippen LogP contribution in [-0.2, 0) is 6.54 Å². The number of nitrogens with zero attached hydrogens (tertiary/aromatic N) is 1. The van der Waals surface area contributed by atoms with Crippen molar-refractivity contribution in [2.24, 2.45) is 0 Å². The van der Waals surface area contributed by atoms with Gasteiger partial charge in [-0.2, -0.15) is 0 Å². The number of rotatable bonds is 3. The molecule has 0 bridgehead atoms. The molecule has 0 saturated heterocycles. The maximum atomic E-state index is 5.45. The Bertz CT molecular complexity index is 677. The first-order chi connectivity index (χ1) is 10.2. The first-order valence-corrected chi connectivity index (χ1v) is 6.95. The van der Waals surface area contributed by atoms with Crippen molar-refractivity contribution >= 4 is 5.57 Å². The molecule has 2 aromatic rings. The van der Waals surface area contributed by atoms with E-state index in [1.54, 1.807) is 14.2 Å². The average Bonchev–Trinajstić information content (AvgIpc) is 2.53. The van der Waals surface area contributed by atoms with Crippen molar-refractivity contribution < 1.29 is 9.47 Å². The second-order valence-electron chi connectivity index (χ2n) is 5.19. The maximum Gasteiger partial charge on any atom is 0.161 e. The minimum atomic E-state index is 0.766. The normalized spacial score (nSPS) is 13.5. The summed E-state index contributed by atoms with van der Waals surface area (Å²) in [5.74, 6) is 1.54. The SMILES string of the molecule is COc1cc2c(cc1OC)C(c1ccccc1)=CN(C)C2. The van der Waals surface area contributed by atoms with Crippen LogP contribution in [0.1, 0.15) is 16.7 Å². The summed E-state index contributed by atoms with van der Waals surface area (Å²) in [6, 6.07) is 14.6. The molecular formula is C18H19NO2. The fourth-order valence-electron chi connectivity index (χ4n) is 2.75. The molecule has 0 N–H and O–H groups in total. The standard InChI is InChI=1S/C18H19NO2/c1-19-11-14-9-17(20-2)18(21-3)10-15(14)16(12-19)13-7-5-4-6-8-13/h4-10,12H,11H2,1-3H3. The molecule has 3 rings (SSSR count). The number of methoxy groups -OCH3 is 2. The van der Waals surface area contributed by atoms with Gasteiger partial charge in [0.2, 0.25) is 0 Å². The molecule has 1 heterocycles. The zero-order valence-electron chi connectivity index (χ0n) is 12.6. The van der Waals surface area contributed by atoms with E-state index in [9.17, 15) is 0 Å². The third-order valence-corrected chi connectivity index (χ3v) is 3.75. The molecule has 0 fully saturated rings. The van der Waals surface area contributed by atoms with Gasteiger partial charge in [-0.1, -0.05) is 30.3 Å². The van der Waals surface area contributed by atoms with E-state index in [0.29, 0.717) is 0 Å². The molecule has 0 spiro atoms. The van der Waals surface area contributed by atoms with E-state index in [4.69, 9.17) is 9.47 Å². The Kier molecular flexibility index (Phi) is 3.57. The Morgan fingerprint density at radius 2 is 1.62 bits per heavy atom. The highest BCUT2D eigenvalue weighted by atomic mass is 16.5. The summed E-state index contributed by atoms with van der Waals surface area (Å²) in [6.07, 6.45) is 2.18. The zero-order valence-corrected chi connectivity index (χ0v) is 12.6. The van der Waals surface area contributed by atoms with Gasteiger partial charge in [0.25, 0.3) is 0 Å². The van der Waals surface area contributed by atoms with Crippen LogP contribution < -0.4 is 9.47 Å². The predicted octanol–water partition coefficient (Wildman–Crippen LogP) is 3.54. The average molecular weight is 281 g/mol. The van der Waals surface area contributed by atoms with E-state index in [1.165, 1.54) is 22.3 Å². The van der Waals surface area contributed by atoms with Crippen molar-refractivity contribution in [2.75, 3.05) is 21.3 Å². The molecule has 0 aliphatic carbocycles. The molecule has 3 nitrogen and oxygen atoms in total. The second-order valence-corrected chi connectivity index (χ2v) is 5.19. The van der Waals surface area contributed by atoms with Crippen LogP contribution in [-0.4, -0.2) is 26.2 Å². The lowest BCUT2D eigenvalue weighted by Gasteiger charge is -2.27. The number of hydrogen-bond acceptors (Lipinski definition) is 3. The number of ether oxygens (including phenoxy) is 2. The Balaban J connectivity index is 2.17. The van der Waals surface area contributed by atoms with Gasteiger partial charge in [0.1, 0.15) is 0 Å². The summed E-state index contributed by atoms with van der Waals surface area (Å²) < 4.78 is 10.9. The lowest BCUT2D eigenvalue weighted by Crippen LogP contribution is -2.17. The van der Waals surface area contributed by atoms with Gasteiger partial charge in [-0.3, -0.25) is 0 Å². The molecule has 0 atom stereocenters. The Hall–Kier alpha value is -2.42. The monoisotopic (exact) mass is 281 g/mol. The maximum absolute atomic E-state index is 5.45. The van der Waals surface area contributed by atoms with E-state index in [0.717, 1.165) is 18.0 Å². The molecule has 21 heavy (non-hydrogen) atoms. The summed E-state index contributed by atoms with van der Waals surface area (Å²) in [5.41, 5.74) is 4.87. The van der Waals surface area contributed by atoms with Crippen molar-refractivity contribution in [3.8, 4) is 11.5 Å². The van der Waals surface area contributed by atoms with Gasteiger partial charge in [-0.05, 0) is 28.8 Å². The quantitative estimate of drug-likeness (QED) is 0.859. The molecule has 0 unspecified atom stereocenters. The Morgan fingerprint density at radius 3 is 2.29 bits per heavy atom. The first kappa shape index (κ1) is 13.6. The molecule has 0 saturated carbocycles. The largest absolute Gasteiger partial charge is 0.493 e. The number of hydrogen-bond donors (Lipinski definition) is 0. The van der Waals surface area contributed by atoms with Crippen LogP contribution >= 0.6 is 0 Å². The van der Waals surface area contributed by atoms with Crippen LogP contribution in [0.3, 0.4) is 0 Å². The van der Waals surface area contributed by atoms with Crippen molar-refractivity contribution in [1.82, 2.24) is 4.90 Å². The summed E-state index contributed by atoms with van der Waals surface area (Å²) >= 11 is 0. The molecule has 0 aromatic heterocycles. The second kappa shape index (κ2) is 5.52. The molecule has 0 amide bonds. The molecule has 3 heteroatoms. The van der Waals surface area contributed by atoms with Gasteiger partial charge in [-0.25, -0.2) is 0 Å². The summed E-state index contributed by atoms with van der Waals surface area (Å²) in [7, 11) is 5.43. The van der Waals surface area contributed by atoms with Crippen molar-refractivity contribution in [1.29, 1.82) is 0 Å². The van der Waals surface area contributed by atoms with E-state index >= 15 is 0 Å². The zero-order chi connectivity index (χ0) is 14.8. The molecule has 108 valence electrons. The van der Waals surface area contributed by atoms with Crippen LogP contribution in [0.25, 0.3) is 5.57 Å². The Morgan fingerprint density at radius 1 is 0.952 bits per heavy atom. The van der Waals surface area contributed by atoms with Crippen molar-refractivity contribution in [3.05, 3.63) is 65.4 Å².